The Labute approximate surface area is 291 Å². The van der Waals surface area contributed by atoms with Crippen LogP contribution in [-0.4, -0.2) is 36.8 Å². The molecule has 0 saturated heterocycles. The second-order valence-electron chi connectivity index (χ2n) is 10.1. The van der Waals surface area contributed by atoms with Crippen molar-refractivity contribution >= 4 is 57.2 Å². The molecule has 4 aromatic carbocycles. The molecule has 2 N–H and O–H groups in total. The van der Waals surface area contributed by atoms with Gasteiger partial charge in [0, 0.05) is 17.0 Å². The molecule has 2 atom stereocenters. The van der Waals surface area contributed by atoms with E-state index >= 15 is 0 Å². The first-order valence-electron chi connectivity index (χ1n) is 14.5. The minimum Gasteiger partial charge on any atom is -0.490 e. The molecule has 47 heavy (non-hydrogen) atoms. The fourth-order valence-corrected chi connectivity index (χ4v) is 5.41. The van der Waals surface area contributed by atoms with E-state index in [4.69, 9.17) is 37.4 Å². The first kappa shape index (κ1) is 35.3. The van der Waals surface area contributed by atoms with Crippen LogP contribution in [0.3, 0.4) is 0 Å². The van der Waals surface area contributed by atoms with Gasteiger partial charge in [0.2, 0.25) is 0 Å². The highest BCUT2D eigenvalue weighted by Crippen LogP contribution is 2.37. The van der Waals surface area contributed by atoms with Crippen LogP contribution in [0, 0.1) is 11.3 Å². The monoisotopic (exact) mass is 736 g/mol. The largest absolute Gasteiger partial charge is 0.490 e. The molecule has 0 saturated carbocycles. The molecular weight excluding hydrogens is 707 g/mol. The summed E-state index contributed by atoms with van der Waals surface area (Å²) in [4.78, 5) is 26.4. The van der Waals surface area contributed by atoms with E-state index in [1.807, 2.05) is 49.4 Å². The topological polar surface area (TPSA) is 122 Å². The number of carbonyl (C=O) groups excluding carboxylic acids is 2. The lowest BCUT2D eigenvalue weighted by atomic mass is 10.1. The van der Waals surface area contributed by atoms with Crippen LogP contribution in [-0.2, 0) is 22.6 Å². The summed E-state index contributed by atoms with van der Waals surface area (Å²) in [6, 6.07) is 25.8. The first-order valence-corrected chi connectivity index (χ1v) is 16.1. The van der Waals surface area contributed by atoms with Crippen LogP contribution in [0.25, 0.3) is 0 Å². The van der Waals surface area contributed by atoms with Crippen molar-refractivity contribution in [2.45, 2.75) is 39.0 Å². The van der Waals surface area contributed by atoms with E-state index in [-0.39, 0.29) is 23.8 Å². The number of hydrogen-bond acceptors (Lipinski definition) is 7. The molecule has 0 aliphatic carbocycles. The zero-order valence-electron chi connectivity index (χ0n) is 25.5. The maximum Gasteiger partial charge on any atom is 0.262 e. The summed E-state index contributed by atoms with van der Waals surface area (Å²) in [6.07, 6.45) is 0.700. The van der Waals surface area contributed by atoms with Gasteiger partial charge < -0.3 is 19.5 Å². The smallest absolute Gasteiger partial charge is 0.262 e. The molecule has 0 fully saturated rings. The third-order valence-electron chi connectivity index (χ3n) is 6.71. The Bertz CT molecular complexity index is 1780. The Kier molecular flexibility index (Phi) is 13.1. The fraction of sp³-hybridized carbons (Fsp3) is 0.200. The van der Waals surface area contributed by atoms with Crippen molar-refractivity contribution < 1.29 is 23.8 Å². The van der Waals surface area contributed by atoms with Crippen molar-refractivity contribution in [3.8, 4) is 23.3 Å². The van der Waals surface area contributed by atoms with Crippen molar-refractivity contribution in [2.24, 2.45) is 5.10 Å². The maximum atomic E-state index is 13.3. The van der Waals surface area contributed by atoms with Gasteiger partial charge in [-0.05, 0) is 77.3 Å². The van der Waals surface area contributed by atoms with Gasteiger partial charge in [0.05, 0.1) is 33.9 Å². The van der Waals surface area contributed by atoms with E-state index < -0.39 is 24.0 Å². The molecule has 0 spiro atoms. The van der Waals surface area contributed by atoms with Crippen LogP contribution in [0.4, 0.5) is 0 Å². The average Bonchev–Trinajstić information content (AvgIpc) is 3.06. The molecule has 4 aromatic rings. The number of benzene rings is 4. The second-order valence-corrected chi connectivity index (χ2v) is 11.8. The summed E-state index contributed by atoms with van der Waals surface area (Å²) in [5.74, 6) is 0.147. The SMILES string of the molecule is CCOc1cc(/C=N\NC(=O)[C@@H](Cc2ccccc2)NC(=O)[C@H](C)Oc2ccc(Cl)cc2Cl)cc(Br)c1OCc1ccccc1C#N. The van der Waals surface area contributed by atoms with Crippen LogP contribution in [0.2, 0.25) is 10.0 Å². The van der Waals surface area contributed by atoms with E-state index in [1.54, 1.807) is 43.3 Å². The molecule has 0 aliphatic rings. The molecule has 12 heteroatoms. The maximum absolute atomic E-state index is 13.3. The summed E-state index contributed by atoms with van der Waals surface area (Å²) < 4.78 is 18.2. The molecule has 0 bridgehead atoms. The average molecular weight is 738 g/mol. The molecule has 9 nitrogen and oxygen atoms in total. The molecule has 0 unspecified atom stereocenters. The van der Waals surface area contributed by atoms with Crippen molar-refractivity contribution in [2.75, 3.05) is 6.61 Å². The fourth-order valence-electron chi connectivity index (χ4n) is 4.38. The number of nitrogens with zero attached hydrogens (tertiary/aromatic N) is 2. The molecule has 0 aromatic heterocycles. The first-order chi connectivity index (χ1) is 22.7. The number of hydrazone groups is 1. The summed E-state index contributed by atoms with van der Waals surface area (Å²) in [5, 5.41) is 17.0. The van der Waals surface area contributed by atoms with Gasteiger partial charge in [0.1, 0.15) is 18.4 Å². The highest BCUT2D eigenvalue weighted by molar-refractivity contribution is 9.10. The van der Waals surface area contributed by atoms with Crippen LogP contribution in [0.5, 0.6) is 17.2 Å². The zero-order valence-corrected chi connectivity index (χ0v) is 28.6. The van der Waals surface area contributed by atoms with Gasteiger partial charge in [0.25, 0.3) is 11.8 Å². The van der Waals surface area contributed by atoms with Gasteiger partial charge in [-0.25, -0.2) is 5.43 Å². The predicted molar refractivity (Wildman–Crippen MR) is 185 cm³/mol. The van der Waals surface area contributed by atoms with E-state index in [0.29, 0.717) is 38.7 Å². The van der Waals surface area contributed by atoms with Gasteiger partial charge in [-0.15, -0.1) is 0 Å². The molecule has 0 radical (unpaired) electrons. The van der Waals surface area contributed by atoms with Crippen LogP contribution in [0.1, 0.15) is 36.1 Å². The number of halogens is 3. The molecular formula is C35H31BrCl2N4O5. The normalized spacial score (nSPS) is 12.1. The van der Waals surface area contributed by atoms with Crippen molar-refractivity contribution in [3.63, 3.8) is 0 Å². The van der Waals surface area contributed by atoms with Crippen LogP contribution < -0.4 is 25.0 Å². The second kappa shape index (κ2) is 17.4. The number of nitriles is 1. The Morgan fingerprint density at radius 1 is 0.979 bits per heavy atom. The number of carbonyl (C=O) groups is 2. The molecule has 2 amide bonds. The molecule has 0 aliphatic heterocycles. The van der Waals surface area contributed by atoms with Gasteiger partial charge in [-0.1, -0.05) is 71.7 Å². The van der Waals surface area contributed by atoms with Gasteiger partial charge in [0.15, 0.2) is 17.6 Å². The molecule has 242 valence electrons. The van der Waals surface area contributed by atoms with Crippen molar-refractivity contribution in [3.05, 3.63) is 122 Å². The van der Waals surface area contributed by atoms with E-state index in [9.17, 15) is 14.9 Å². The van der Waals surface area contributed by atoms with E-state index in [1.165, 1.54) is 12.3 Å². The van der Waals surface area contributed by atoms with Crippen molar-refractivity contribution in [1.29, 1.82) is 5.26 Å². The van der Waals surface area contributed by atoms with Gasteiger partial charge in [-0.3, -0.25) is 9.59 Å². The number of hydrogen-bond donors (Lipinski definition) is 2. The Morgan fingerprint density at radius 2 is 1.72 bits per heavy atom. The predicted octanol–water partition coefficient (Wildman–Crippen LogP) is 7.25. The summed E-state index contributed by atoms with van der Waals surface area (Å²) in [7, 11) is 0. The Hall–Kier alpha value is -4.56. The molecule has 0 heterocycles. The number of nitrogens with one attached hydrogen (secondary N) is 2. The van der Waals surface area contributed by atoms with E-state index in [0.717, 1.165) is 11.1 Å². The van der Waals surface area contributed by atoms with Gasteiger partial charge >= 0.3 is 0 Å². The quantitative estimate of drug-likeness (QED) is 0.104. The van der Waals surface area contributed by atoms with Gasteiger partial charge in [-0.2, -0.15) is 10.4 Å². The van der Waals surface area contributed by atoms with E-state index in [2.05, 4.69) is 37.8 Å². The summed E-state index contributed by atoms with van der Waals surface area (Å²) >= 11 is 15.7. The minimum atomic E-state index is -0.966. The molecule has 4 rings (SSSR count). The lowest BCUT2D eigenvalue weighted by Gasteiger charge is -2.21. The standard InChI is InChI=1S/C35H31BrCl2N4O5/c1-3-45-32-17-24(15-28(36)33(32)46-21-26-12-8-7-11-25(26)19-39)20-40-42-35(44)30(16-23-9-5-4-6-10-23)41-34(43)22(2)47-31-14-13-27(37)18-29(31)38/h4-15,17-18,20,22,30H,3,16,21H2,1-2H3,(H,41,43)(H,42,44)/b40-20-/t22-,30+/m0/s1. The minimum absolute atomic E-state index is 0.164. The highest BCUT2D eigenvalue weighted by Gasteiger charge is 2.25. The Morgan fingerprint density at radius 3 is 2.45 bits per heavy atom. The number of rotatable bonds is 14. The van der Waals surface area contributed by atoms with Crippen LogP contribution in [0.15, 0.2) is 94.5 Å². The van der Waals surface area contributed by atoms with Crippen molar-refractivity contribution in [1.82, 2.24) is 10.7 Å². The Balaban J connectivity index is 1.46. The third-order valence-corrected chi connectivity index (χ3v) is 7.83. The lowest BCUT2D eigenvalue weighted by molar-refractivity contribution is -0.132. The van der Waals surface area contributed by atoms with Crippen LogP contribution >= 0.6 is 39.1 Å². The summed E-state index contributed by atoms with van der Waals surface area (Å²) in [5.41, 5.74) is 5.24. The lowest BCUT2D eigenvalue weighted by Crippen LogP contribution is -2.50. The summed E-state index contributed by atoms with van der Waals surface area (Å²) in [6.45, 7) is 3.94. The number of ether oxygens (including phenoxy) is 3. The number of amides is 2. The zero-order chi connectivity index (χ0) is 33.8. The third kappa shape index (κ3) is 10.2. The highest BCUT2D eigenvalue weighted by atomic mass is 79.9.